The first kappa shape index (κ1) is 20.9. The van der Waals surface area contributed by atoms with E-state index >= 15 is 0 Å². The third-order valence-corrected chi connectivity index (χ3v) is 6.55. The number of carbonyl (C=O) groups is 2. The second kappa shape index (κ2) is 8.26. The zero-order valence-electron chi connectivity index (χ0n) is 15.5. The lowest BCUT2D eigenvalue weighted by molar-refractivity contribution is 0.0599. The molecule has 0 unspecified atom stereocenters. The number of piperazine rings is 1. The summed E-state index contributed by atoms with van der Waals surface area (Å²) in [6.07, 6.45) is 0. The predicted molar refractivity (Wildman–Crippen MR) is 98.8 cm³/mol. The molecule has 2 aromatic carbocycles. The molecule has 0 aromatic heterocycles. The van der Waals surface area contributed by atoms with Gasteiger partial charge in [-0.05, 0) is 36.4 Å². The van der Waals surface area contributed by atoms with Crippen molar-refractivity contribution in [3.8, 4) is 0 Å². The largest absolute Gasteiger partial charge is 0.465 e. The van der Waals surface area contributed by atoms with Crippen LogP contribution in [0.3, 0.4) is 0 Å². The normalized spacial score (nSPS) is 15.2. The average molecular weight is 424 g/mol. The maximum absolute atomic E-state index is 13.9. The number of methoxy groups -OCH3 is 1. The molecular formula is C19H18F2N2O5S. The van der Waals surface area contributed by atoms with Gasteiger partial charge in [-0.25, -0.2) is 22.0 Å². The standard InChI is InChI=1S/C19H18F2N2O5S/c1-28-19(25)14-7-5-13(6-8-14)18(24)22-9-11-23(12-10-22)29(26,27)17-15(20)3-2-4-16(17)21/h2-8H,9-12H2,1H3. The number of benzene rings is 2. The van der Waals surface area contributed by atoms with Crippen LogP contribution in [0.2, 0.25) is 0 Å². The van der Waals surface area contributed by atoms with Crippen LogP contribution in [0.1, 0.15) is 20.7 Å². The van der Waals surface area contributed by atoms with Crippen molar-refractivity contribution in [1.82, 2.24) is 9.21 Å². The highest BCUT2D eigenvalue weighted by Gasteiger charge is 2.34. The number of halogens is 2. The molecular weight excluding hydrogens is 406 g/mol. The number of esters is 1. The number of hydrogen-bond donors (Lipinski definition) is 0. The van der Waals surface area contributed by atoms with Crippen LogP contribution < -0.4 is 0 Å². The van der Waals surface area contributed by atoms with Crippen LogP contribution in [-0.2, 0) is 14.8 Å². The molecule has 2 aromatic rings. The van der Waals surface area contributed by atoms with Gasteiger partial charge >= 0.3 is 5.97 Å². The van der Waals surface area contributed by atoms with Crippen molar-refractivity contribution in [2.45, 2.75) is 4.90 Å². The van der Waals surface area contributed by atoms with Gasteiger partial charge in [0.1, 0.15) is 11.6 Å². The van der Waals surface area contributed by atoms with E-state index in [4.69, 9.17) is 0 Å². The Morgan fingerprint density at radius 3 is 1.93 bits per heavy atom. The van der Waals surface area contributed by atoms with Crippen LogP contribution in [0.4, 0.5) is 8.78 Å². The van der Waals surface area contributed by atoms with Crippen LogP contribution in [-0.4, -0.2) is 62.8 Å². The van der Waals surface area contributed by atoms with Gasteiger partial charge in [-0.15, -0.1) is 0 Å². The number of carbonyl (C=O) groups excluding carboxylic acids is 2. The third kappa shape index (κ3) is 4.13. The number of hydrogen-bond acceptors (Lipinski definition) is 5. The lowest BCUT2D eigenvalue weighted by Crippen LogP contribution is -2.50. The van der Waals surface area contributed by atoms with Crippen LogP contribution in [0.15, 0.2) is 47.4 Å². The summed E-state index contributed by atoms with van der Waals surface area (Å²) in [5.74, 6) is -3.18. The van der Waals surface area contributed by atoms with E-state index in [2.05, 4.69) is 4.74 Å². The lowest BCUT2D eigenvalue weighted by Gasteiger charge is -2.34. The van der Waals surface area contributed by atoms with E-state index in [0.29, 0.717) is 11.1 Å². The van der Waals surface area contributed by atoms with E-state index in [-0.39, 0.29) is 32.1 Å². The Labute approximate surface area is 166 Å². The van der Waals surface area contributed by atoms with Gasteiger partial charge < -0.3 is 9.64 Å². The lowest BCUT2D eigenvalue weighted by atomic mass is 10.1. The molecule has 1 saturated heterocycles. The van der Waals surface area contributed by atoms with Crippen molar-refractivity contribution < 1.29 is 31.5 Å². The minimum absolute atomic E-state index is 0.0624. The smallest absolute Gasteiger partial charge is 0.337 e. The Morgan fingerprint density at radius 2 is 1.41 bits per heavy atom. The quantitative estimate of drug-likeness (QED) is 0.700. The zero-order chi connectivity index (χ0) is 21.2. The molecule has 1 aliphatic rings. The van der Waals surface area contributed by atoms with E-state index in [1.807, 2.05) is 0 Å². The summed E-state index contributed by atoms with van der Waals surface area (Å²) in [5, 5.41) is 0. The molecule has 29 heavy (non-hydrogen) atoms. The van der Waals surface area contributed by atoms with Crippen LogP contribution in [0.5, 0.6) is 0 Å². The molecule has 0 aliphatic carbocycles. The number of nitrogens with zero attached hydrogens (tertiary/aromatic N) is 2. The molecule has 10 heteroatoms. The van der Waals surface area contributed by atoms with Gasteiger partial charge in [0.2, 0.25) is 10.0 Å². The summed E-state index contributed by atoms with van der Waals surface area (Å²) in [4.78, 5) is 24.5. The van der Waals surface area contributed by atoms with Crippen molar-refractivity contribution in [1.29, 1.82) is 0 Å². The Morgan fingerprint density at radius 1 is 0.897 bits per heavy atom. The van der Waals surface area contributed by atoms with Crippen LogP contribution >= 0.6 is 0 Å². The molecule has 154 valence electrons. The Bertz CT molecular complexity index is 1010. The van der Waals surface area contributed by atoms with Crippen molar-refractivity contribution >= 4 is 21.9 Å². The van der Waals surface area contributed by atoms with Gasteiger partial charge in [-0.2, -0.15) is 4.31 Å². The maximum Gasteiger partial charge on any atom is 0.337 e. The molecule has 0 radical (unpaired) electrons. The molecule has 1 aliphatic heterocycles. The fraction of sp³-hybridized carbons (Fsp3) is 0.263. The Balaban J connectivity index is 1.70. The van der Waals surface area contributed by atoms with Gasteiger partial charge in [-0.3, -0.25) is 4.79 Å². The molecule has 0 spiro atoms. The molecule has 1 heterocycles. The van der Waals surface area contributed by atoms with Gasteiger partial charge in [0.15, 0.2) is 4.90 Å². The van der Waals surface area contributed by atoms with E-state index < -0.39 is 32.5 Å². The van der Waals surface area contributed by atoms with Gasteiger partial charge in [0, 0.05) is 31.7 Å². The molecule has 7 nitrogen and oxygen atoms in total. The maximum atomic E-state index is 13.9. The predicted octanol–water partition coefficient (Wildman–Crippen LogP) is 1.90. The van der Waals surface area contributed by atoms with E-state index in [0.717, 1.165) is 22.5 Å². The molecule has 1 fully saturated rings. The fourth-order valence-corrected chi connectivity index (χ4v) is 4.57. The van der Waals surface area contributed by atoms with Crippen LogP contribution in [0, 0.1) is 11.6 Å². The SMILES string of the molecule is COC(=O)c1ccc(C(=O)N2CCN(S(=O)(=O)c3c(F)cccc3F)CC2)cc1. The first-order valence-electron chi connectivity index (χ1n) is 8.67. The summed E-state index contributed by atoms with van der Waals surface area (Å²) in [7, 11) is -3.11. The van der Waals surface area contributed by atoms with E-state index in [9.17, 15) is 26.8 Å². The van der Waals surface area contributed by atoms with Crippen LogP contribution in [0.25, 0.3) is 0 Å². The molecule has 0 bridgehead atoms. The van der Waals surface area contributed by atoms with E-state index in [1.165, 1.54) is 36.3 Å². The third-order valence-electron chi connectivity index (χ3n) is 4.60. The fourth-order valence-electron chi connectivity index (χ4n) is 3.04. The number of rotatable bonds is 4. The summed E-state index contributed by atoms with van der Waals surface area (Å²) in [6.45, 7) is -0.0655. The molecule has 3 rings (SSSR count). The minimum Gasteiger partial charge on any atom is -0.465 e. The monoisotopic (exact) mass is 424 g/mol. The average Bonchev–Trinajstić information content (AvgIpc) is 2.72. The topological polar surface area (TPSA) is 84.0 Å². The summed E-state index contributed by atoms with van der Waals surface area (Å²) in [6, 6.07) is 8.73. The number of sulfonamides is 1. The second-order valence-corrected chi connectivity index (χ2v) is 8.19. The summed E-state index contributed by atoms with van der Waals surface area (Å²) >= 11 is 0. The molecule has 0 saturated carbocycles. The number of amides is 1. The number of ether oxygens (including phenoxy) is 1. The zero-order valence-corrected chi connectivity index (χ0v) is 16.3. The molecule has 0 N–H and O–H groups in total. The molecule has 0 atom stereocenters. The van der Waals surface area contributed by atoms with Crippen molar-refractivity contribution in [2.75, 3.05) is 33.3 Å². The summed E-state index contributed by atoms with van der Waals surface area (Å²) in [5.41, 5.74) is 0.626. The highest BCUT2D eigenvalue weighted by atomic mass is 32.2. The Kier molecular flexibility index (Phi) is 5.94. The second-order valence-electron chi connectivity index (χ2n) is 6.32. The van der Waals surface area contributed by atoms with Gasteiger partial charge in [0.05, 0.1) is 12.7 Å². The minimum atomic E-state index is -4.36. The van der Waals surface area contributed by atoms with Crippen molar-refractivity contribution in [3.05, 3.63) is 65.2 Å². The van der Waals surface area contributed by atoms with Gasteiger partial charge in [-0.1, -0.05) is 6.07 Å². The first-order valence-corrected chi connectivity index (χ1v) is 10.1. The van der Waals surface area contributed by atoms with Crippen molar-refractivity contribution in [3.63, 3.8) is 0 Å². The van der Waals surface area contributed by atoms with Crippen molar-refractivity contribution in [2.24, 2.45) is 0 Å². The highest BCUT2D eigenvalue weighted by Crippen LogP contribution is 2.24. The summed E-state index contributed by atoms with van der Waals surface area (Å²) < 4.78 is 58.6. The molecule has 1 amide bonds. The van der Waals surface area contributed by atoms with E-state index in [1.54, 1.807) is 0 Å². The Hall–Kier alpha value is -2.85. The highest BCUT2D eigenvalue weighted by molar-refractivity contribution is 7.89. The van der Waals surface area contributed by atoms with Gasteiger partial charge in [0.25, 0.3) is 5.91 Å². The first-order chi connectivity index (χ1) is 13.8.